The van der Waals surface area contributed by atoms with Gasteiger partial charge in [0.25, 0.3) is 0 Å². The third-order valence-corrected chi connectivity index (χ3v) is 3.67. The number of halogens is 3. The van der Waals surface area contributed by atoms with Crippen molar-refractivity contribution in [1.82, 2.24) is 10.2 Å². The Bertz CT molecular complexity index is 395. The number of carbonyl (C=O) groups excluding carboxylic acids is 1. The Hall–Kier alpha value is -1.31. The lowest BCUT2D eigenvalue weighted by atomic mass is 9.86. The Morgan fingerprint density at radius 2 is 1.84 bits per heavy atom. The number of nitrogens with one attached hydrogen (secondary N) is 1. The van der Waals surface area contributed by atoms with Crippen molar-refractivity contribution >= 4 is 11.9 Å². The van der Waals surface area contributed by atoms with Crippen LogP contribution >= 0.6 is 0 Å². The Balaban J connectivity index is 2.99. The summed E-state index contributed by atoms with van der Waals surface area (Å²) in [4.78, 5) is 24.0. The number of aliphatic carboxylic acids is 1. The minimum absolute atomic E-state index is 0.213. The van der Waals surface area contributed by atoms with Gasteiger partial charge in [-0.05, 0) is 27.3 Å². The van der Waals surface area contributed by atoms with Crippen LogP contribution in [0, 0.1) is 5.41 Å². The molecular weight excluding hydrogens is 265 g/mol. The van der Waals surface area contributed by atoms with Crippen molar-refractivity contribution in [1.29, 1.82) is 0 Å². The summed E-state index contributed by atoms with van der Waals surface area (Å²) in [7, 11) is 1.52. The Kier molecular flexibility index (Phi) is 3.86. The Morgan fingerprint density at radius 3 is 2.16 bits per heavy atom. The molecule has 1 aliphatic heterocycles. The molecule has 1 atom stereocenters. The standard InChI is InChI=1S/C11H17F3N2O3/c1-9(2,15-3)7(17)16-5-4-10(6-16,8(18)19)11(12,13)14/h15H,4-6H2,1-3H3,(H,18,19). The van der Waals surface area contributed by atoms with E-state index < -0.39 is 42.0 Å². The maximum Gasteiger partial charge on any atom is 0.406 e. The number of rotatable bonds is 3. The molecule has 0 aromatic rings. The van der Waals surface area contributed by atoms with Crippen LogP contribution in [0.5, 0.6) is 0 Å². The smallest absolute Gasteiger partial charge is 0.406 e. The Labute approximate surface area is 108 Å². The van der Waals surface area contributed by atoms with Crippen LogP contribution in [-0.2, 0) is 9.59 Å². The molecule has 5 nitrogen and oxygen atoms in total. The van der Waals surface area contributed by atoms with Crippen LogP contribution in [0.4, 0.5) is 13.2 Å². The first kappa shape index (κ1) is 15.7. The fourth-order valence-electron chi connectivity index (χ4n) is 2.01. The van der Waals surface area contributed by atoms with Gasteiger partial charge >= 0.3 is 12.1 Å². The molecule has 0 spiro atoms. The van der Waals surface area contributed by atoms with Gasteiger partial charge in [-0.2, -0.15) is 13.2 Å². The lowest BCUT2D eigenvalue weighted by molar-refractivity contribution is -0.227. The van der Waals surface area contributed by atoms with Gasteiger partial charge in [-0.1, -0.05) is 0 Å². The average molecular weight is 282 g/mol. The number of amides is 1. The third-order valence-electron chi connectivity index (χ3n) is 3.67. The minimum atomic E-state index is -4.88. The molecule has 0 bridgehead atoms. The first-order valence-corrected chi connectivity index (χ1v) is 5.76. The second-order valence-corrected chi connectivity index (χ2v) is 5.24. The molecule has 1 rings (SSSR count). The van der Waals surface area contributed by atoms with Crippen LogP contribution in [0.25, 0.3) is 0 Å². The number of carboxylic acids is 1. The molecule has 1 fully saturated rings. The predicted molar refractivity (Wildman–Crippen MR) is 60.5 cm³/mol. The van der Waals surface area contributed by atoms with Crippen LogP contribution in [0.1, 0.15) is 20.3 Å². The summed E-state index contributed by atoms with van der Waals surface area (Å²) in [6, 6.07) is 0. The van der Waals surface area contributed by atoms with Crippen LogP contribution < -0.4 is 5.32 Å². The lowest BCUT2D eigenvalue weighted by Gasteiger charge is -2.31. The normalized spacial score (nSPS) is 24.6. The van der Waals surface area contributed by atoms with Crippen LogP contribution in [0.15, 0.2) is 0 Å². The summed E-state index contributed by atoms with van der Waals surface area (Å²) in [5.74, 6) is -2.47. The van der Waals surface area contributed by atoms with E-state index in [1.165, 1.54) is 20.9 Å². The van der Waals surface area contributed by atoms with Crippen LogP contribution in [0.3, 0.4) is 0 Å². The summed E-state index contributed by atoms with van der Waals surface area (Å²) in [6.07, 6.45) is -5.49. The molecule has 0 saturated carbocycles. The maximum absolute atomic E-state index is 12.9. The van der Waals surface area contributed by atoms with E-state index in [-0.39, 0.29) is 6.54 Å². The van der Waals surface area contributed by atoms with E-state index in [9.17, 15) is 22.8 Å². The van der Waals surface area contributed by atoms with Crippen molar-refractivity contribution in [2.75, 3.05) is 20.1 Å². The zero-order valence-electron chi connectivity index (χ0n) is 11.0. The van der Waals surface area contributed by atoms with Gasteiger partial charge in [0.15, 0.2) is 5.41 Å². The van der Waals surface area contributed by atoms with E-state index in [4.69, 9.17) is 5.11 Å². The van der Waals surface area contributed by atoms with Crippen LogP contribution in [-0.4, -0.2) is 53.7 Å². The van der Waals surface area contributed by atoms with E-state index in [2.05, 4.69) is 5.32 Å². The highest BCUT2D eigenvalue weighted by Gasteiger charge is 2.64. The minimum Gasteiger partial charge on any atom is -0.481 e. The van der Waals surface area contributed by atoms with Crippen LogP contribution in [0.2, 0.25) is 0 Å². The van der Waals surface area contributed by atoms with Gasteiger partial charge < -0.3 is 15.3 Å². The monoisotopic (exact) mass is 282 g/mol. The molecule has 1 aliphatic rings. The second kappa shape index (κ2) is 4.66. The molecule has 2 N–H and O–H groups in total. The third kappa shape index (κ3) is 2.54. The van der Waals surface area contributed by atoms with Gasteiger partial charge in [-0.3, -0.25) is 9.59 Å². The molecule has 110 valence electrons. The molecule has 19 heavy (non-hydrogen) atoms. The fraction of sp³-hybridized carbons (Fsp3) is 0.818. The van der Waals surface area contributed by atoms with Gasteiger partial charge in [0, 0.05) is 13.1 Å². The molecule has 0 aliphatic carbocycles. The number of hydrogen-bond donors (Lipinski definition) is 2. The molecule has 0 aromatic carbocycles. The van der Waals surface area contributed by atoms with Crippen molar-refractivity contribution in [2.45, 2.75) is 32.0 Å². The van der Waals surface area contributed by atoms with Gasteiger partial charge in [0.2, 0.25) is 5.91 Å². The number of carbonyl (C=O) groups is 2. The number of alkyl halides is 3. The first-order chi connectivity index (χ1) is 8.48. The summed E-state index contributed by atoms with van der Waals surface area (Å²) < 4.78 is 38.8. The largest absolute Gasteiger partial charge is 0.481 e. The van der Waals surface area contributed by atoms with E-state index in [1.807, 2.05) is 0 Å². The summed E-state index contributed by atoms with van der Waals surface area (Å²) in [5, 5.41) is 11.6. The molecule has 1 saturated heterocycles. The summed E-state index contributed by atoms with van der Waals surface area (Å²) in [5.41, 5.74) is -3.88. The van der Waals surface area contributed by atoms with E-state index in [0.29, 0.717) is 0 Å². The highest BCUT2D eigenvalue weighted by Crippen LogP contribution is 2.46. The van der Waals surface area contributed by atoms with Gasteiger partial charge in [0.1, 0.15) is 0 Å². The molecular formula is C11H17F3N2O3. The number of hydrogen-bond acceptors (Lipinski definition) is 3. The van der Waals surface area contributed by atoms with Crippen molar-refractivity contribution < 1.29 is 27.9 Å². The first-order valence-electron chi connectivity index (χ1n) is 5.76. The molecule has 1 unspecified atom stereocenters. The lowest BCUT2D eigenvalue weighted by Crippen LogP contribution is -2.54. The van der Waals surface area contributed by atoms with Gasteiger partial charge in [-0.15, -0.1) is 0 Å². The number of likely N-dealkylation sites (tertiary alicyclic amines) is 1. The topological polar surface area (TPSA) is 69.6 Å². The number of likely N-dealkylation sites (N-methyl/N-ethyl adjacent to an activating group) is 1. The predicted octanol–water partition coefficient (Wildman–Crippen LogP) is 0.850. The number of carboxylic acid groups (broad SMARTS) is 1. The van der Waals surface area contributed by atoms with Crippen molar-refractivity contribution in [3.63, 3.8) is 0 Å². The fourth-order valence-corrected chi connectivity index (χ4v) is 2.01. The van der Waals surface area contributed by atoms with E-state index in [0.717, 1.165) is 4.90 Å². The highest BCUT2D eigenvalue weighted by atomic mass is 19.4. The molecule has 0 radical (unpaired) electrons. The van der Waals surface area contributed by atoms with E-state index in [1.54, 1.807) is 0 Å². The van der Waals surface area contributed by atoms with Gasteiger partial charge in [0.05, 0.1) is 5.54 Å². The average Bonchev–Trinajstić information content (AvgIpc) is 2.73. The van der Waals surface area contributed by atoms with Crippen molar-refractivity contribution in [3.8, 4) is 0 Å². The zero-order chi connectivity index (χ0) is 15.1. The van der Waals surface area contributed by atoms with Crippen molar-refractivity contribution in [3.05, 3.63) is 0 Å². The maximum atomic E-state index is 12.9. The zero-order valence-corrected chi connectivity index (χ0v) is 11.0. The van der Waals surface area contributed by atoms with Gasteiger partial charge in [-0.25, -0.2) is 0 Å². The summed E-state index contributed by atoms with van der Waals surface area (Å²) >= 11 is 0. The molecule has 1 amide bonds. The number of nitrogens with zero attached hydrogens (tertiary/aromatic N) is 1. The molecule has 1 heterocycles. The highest BCUT2D eigenvalue weighted by molar-refractivity contribution is 5.87. The molecule has 8 heteroatoms. The van der Waals surface area contributed by atoms with Crippen molar-refractivity contribution in [2.24, 2.45) is 5.41 Å². The second-order valence-electron chi connectivity index (χ2n) is 5.24. The Morgan fingerprint density at radius 1 is 1.32 bits per heavy atom. The molecule has 0 aromatic heterocycles. The van der Waals surface area contributed by atoms with E-state index >= 15 is 0 Å². The quantitative estimate of drug-likeness (QED) is 0.805. The summed E-state index contributed by atoms with van der Waals surface area (Å²) in [6.45, 7) is 2.01. The SMILES string of the molecule is CNC(C)(C)C(=O)N1CCC(C(=O)O)(C(F)(F)F)C1.